The quantitative estimate of drug-likeness (QED) is 0.845. The van der Waals surface area contributed by atoms with Crippen molar-refractivity contribution in [3.8, 4) is 0 Å². The molecule has 0 spiro atoms. The monoisotopic (exact) mass is 243 g/mol. The van der Waals surface area contributed by atoms with Gasteiger partial charge in [-0.15, -0.1) is 0 Å². The van der Waals surface area contributed by atoms with Gasteiger partial charge >= 0.3 is 0 Å². The second kappa shape index (κ2) is 5.83. The van der Waals surface area contributed by atoms with Crippen LogP contribution in [-0.4, -0.2) is 9.97 Å². The number of aromatic nitrogens is 2. The average molecular weight is 243 g/mol. The van der Waals surface area contributed by atoms with Crippen LogP contribution < -0.4 is 5.32 Å². The lowest BCUT2D eigenvalue weighted by molar-refractivity contribution is 0.551. The van der Waals surface area contributed by atoms with Crippen molar-refractivity contribution in [3.63, 3.8) is 0 Å². The Morgan fingerprint density at radius 3 is 2.44 bits per heavy atom. The molecule has 1 unspecified atom stereocenters. The lowest BCUT2D eigenvalue weighted by atomic mass is 10.0. The molecule has 3 nitrogen and oxygen atoms in total. The fraction of sp³-hybridized carbons (Fsp3) is 0.400. The standard InChI is InChI=1S/C15H21N3/c1-11(2)14-6-4-13(5-7-14)10-18-12(3)15-16-8-9-17-15/h4-9,11-12,18H,10H2,1-3H3,(H,16,17). The van der Waals surface area contributed by atoms with Gasteiger partial charge in [0.15, 0.2) is 0 Å². The SMILES string of the molecule is CC(C)c1ccc(CNC(C)c2ncc[nH]2)cc1. The molecular weight excluding hydrogens is 222 g/mol. The molecule has 0 fully saturated rings. The molecule has 2 rings (SSSR count). The predicted octanol–water partition coefficient (Wildman–Crippen LogP) is 3.38. The molecule has 1 heterocycles. The van der Waals surface area contributed by atoms with Crippen molar-refractivity contribution in [2.45, 2.75) is 39.3 Å². The normalized spacial score (nSPS) is 12.9. The third-order valence-corrected chi connectivity index (χ3v) is 3.19. The molecule has 96 valence electrons. The van der Waals surface area contributed by atoms with Crippen LogP contribution in [0.15, 0.2) is 36.7 Å². The first-order valence-corrected chi connectivity index (χ1v) is 6.48. The van der Waals surface area contributed by atoms with Gasteiger partial charge in [0, 0.05) is 18.9 Å². The minimum Gasteiger partial charge on any atom is -0.347 e. The summed E-state index contributed by atoms with van der Waals surface area (Å²) in [6.07, 6.45) is 3.63. The maximum absolute atomic E-state index is 4.25. The van der Waals surface area contributed by atoms with E-state index in [-0.39, 0.29) is 6.04 Å². The van der Waals surface area contributed by atoms with Crippen molar-refractivity contribution in [2.75, 3.05) is 0 Å². The molecule has 0 radical (unpaired) electrons. The highest BCUT2D eigenvalue weighted by Crippen LogP contribution is 2.15. The first-order valence-electron chi connectivity index (χ1n) is 6.48. The van der Waals surface area contributed by atoms with Gasteiger partial charge in [-0.05, 0) is 24.0 Å². The number of nitrogens with zero attached hydrogens (tertiary/aromatic N) is 1. The van der Waals surface area contributed by atoms with Gasteiger partial charge in [-0.2, -0.15) is 0 Å². The Bertz CT molecular complexity index is 457. The van der Waals surface area contributed by atoms with Crippen LogP contribution >= 0.6 is 0 Å². The van der Waals surface area contributed by atoms with Crippen LogP contribution in [0.5, 0.6) is 0 Å². The summed E-state index contributed by atoms with van der Waals surface area (Å²) >= 11 is 0. The number of H-pyrrole nitrogens is 1. The van der Waals surface area contributed by atoms with Crippen molar-refractivity contribution in [3.05, 3.63) is 53.6 Å². The summed E-state index contributed by atoms with van der Waals surface area (Å²) in [7, 11) is 0. The molecule has 1 aromatic heterocycles. The zero-order chi connectivity index (χ0) is 13.0. The fourth-order valence-corrected chi connectivity index (χ4v) is 1.90. The number of imidazole rings is 1. The highest BCUT2D eigenvalue weighted by Gasteiger charge is 2.06. The average Bonchev–Trinajstić information content (AvgIpc) is 2.90. The summed E-state index contributed by atoms with van der Waals surface area (Å²) in [6, 6.07) is 9.04. The second-order valence-corrected chi connectivity index (χ2v) is 4.97. The molecule has 3 heteroatoms. The first kappa shape index (κ1) is 12.8. The van der Waals surface area contributed by atoms with Crippen molar-refractivity contribution in [2.24, 2.45) is 0 Å². The van der Waals surface area contributed by atoms with Crippen LogP contribution in [0.4, 0.5) is 0 Å². The van der Waals surface area contributed by atoms with E-state index in [1.807, 2.05) is 6.20 Å². The van der Waals surface area contributed by atoms with Crippen LogP contribution in [0, 0.1) is 0 Å². The molecule has 0 aliphatic heterocycles. The van der Waals surface area contributed by atoms with Gasteiger partial charge in [0.05, 0.1) is 6.04 Å². The molecule has 1 atom stereocenters. The molecule has 0 saturated heterocycles. The van der Waals surface area contributed by atoms with Gasteiger partial charge in [-0.25, -0.2) is 4.98 Å². The molecule has 1 aromatic carbocycles. The zero-order valence-electron chi connectivity index (χ0n) is 11.3. The molecule has 2 N–H and O–H groups in total. The Morgan fingerprint density at radius 2 is 1.89 bits per heavy atom. The fourth-order valence-electron chi connectivity index (χ4n) is 1.90. The van der Waals surface area contributed by atoms with E-state index in [0.717, 1.165) is 12.4 Å². The van der Waals surface area contributed by atoms with Crippen LogP contribution in [0.3, 0.4) is 0 Å². The van der Waals surface area contributed by atoms with E-state index in [0.29, 0.717) is 5.92 Å². The molecule has 18 heavy (non-hydrogen) atoms. The van der Waals surface area contributed by atoms with E-state index in [2.05, 4.69) is 60.3 Å². The Labute approximate surface area is 109 Å². The number of aromatic amines is 1. The maximum atomic E-state index is 4.25. The molecule has 0 saturated carbocycles. The molecule has 0 amide bonds. The third kappa shape index (κ3) is 3.20. The van der Waals surface area contributed by atoms with E-state index >= 15 is 0 Å². The summed E-state index contributed by atoms with van der Waals surface area (Å²) in [6.45, 7) is 7.40. The number of hydrogen-bond acceptors (Lipinski definition) is 2. The Hall–Kier alpha value is -1.61. The predicted molar refractivity (Wildman–Crippen MR) is 74.4 cm³/mol. The van der Waals surface area contributed by atoms with Gasteiger partial charge < -0.3 is 10.3 Å². The largest absolute Gasteiger partial charge is 0.347 e. The summed E-state index contributed by atoms with van der Waals surface area (Å²) in [5.41, 5.74) is 2.69. The van der Waals surface area contributed by atoms with Crippen LogP contribution in [0.25, 0.3) is 0 Å². The third-order valence-electron chi connectivity index (χ3n) is 3.19. The Kier molecular flexibility index (Phi) is 4.15. The molecule has 0 aliphatic carbocycles. The highest BCUT2D eigenvalue weighted by molar-refractivity contribution is 5.24. The number of hydrogen-bond donors (Lipinski definition) is 2. The highest BCUT2D eigenvalue weighted by atomic mass is 15.0. The Balaban J connectivity index is 1.90. The molecule has 0 bridgehead atoms. The topological polar surface area (TPSA) is 40.7 Å². The maximum Gasteiger partial charge on any atom is 0.122 e. The van der Waals surface area contributed by atoms with Crippen molar-refractivity contribution in [1.29, 1.82) is 0 Å². The van der Waals surface area contributed by atoms with Gasteiger partial charge in [0.25, 0.3) is 0 Å². The number of nitrogens with one attached hydrogen (secondary N) is 2. The van der Waals surface area contributed by atoms with Crippen molar-refractivity contribution in [1.82, 2.24) is 15.3 Å². The minimum atomic E-state index is 0.241. The minimum absolute atomic E-state index is 0.241. The second-order valence-electron chi connectivity index (χ2n) is 4.97. The summed E-state index contributed by atoms with van der Waals surface area (Å²) in [5.74, 6) is 1.57. The lowest BCUT2D eigenvalue weighted by Gasteiger charge is -2.12. The molecule has 0 aliphatic rings. The lowest BCUT2D eigenvalue weighted by Crippen LogP contribution is -2.19. The van der Waals surface area contributed by atoms with Gasteiger partial charge in [0.2, 0.25) is 0 Å². The van der Waals surface area contributed by atoms with E-state index < -0.39 is 0 Å². The van der Waals surface area contributed by atoms with Crippen molar-refractivity contribution < 1.29 is 0 Å². The molecule has 2 aromatic rings. The Morgan fingerprint density at radius 1 is 1.17 bits per heavy atom. The van der Waals surface area contributed by atoms with E-state index in [9.17, 15) is 0 Å². The zero-order valence-corrected chi connectivity index (χ0v) is 11.3. The van der Waals surface area contributed by atoms with Crippen LogP contribution in [-0.2, 0) is 6.54 Å². The van der Waals surface area contributed by atoms with Gasteiger partial charge in [-0.1, -0.05) is 38.1 Å². The smallest absolute Gasteiger partial charge is 0.122 e. The van der Waals surface area contributed by atoms with Gasteiger partial charge in [-0.3, -0.25) is 0 Å². The first-order chi connectivity index (χ1) is 8.66. The molecular formula is C15H21N3. The van der Waals surface area contributed by atoms with Crippen LogP contribution in [0.2, 0.25) is 0 Å². The number of benzene rings is 1. The van der Waals surface area contributed by atoms with E-state index in [1.165, 1.54) is 11.1 Å². The van der Waals surface area contributed by atoms with E-state index in [4.69, 9.17) is 0 Å². The summed E-state index contributed by atoms with van der Waals surface area (Å²) in [4.78, 5) is 7.37. The van der Waals surface area contributed by atoms with E-state index in [1.54, 1.807) is 6.20 Å². The van der Waals surface area contributed by atoms with Gasteiger partial charge in [0.1, 0.15) is 5.82 Å². The van der Waals surface area contributed by atoms with Crippen molar-refractivity contribution >= 4 is 0 Å². The summed E-state index contributed by atoms with van der Waals surface area (Å²) < 4.78 is 0. The number of rotatable bonds is 5. The van der Waals surface area contributed by atoms with Crippen LogP contribution in [0.1, 0.15) is 49.7 Å². The summed E-state index contributed by atoms with van der Waals surface area (Å²) in [5, 5.41) is 3.46.